The van der Waals surface area contributed by atoms with Crippen molar-refractivity contribution in [3.63, 3.8) is 0 Å². The van der Waals surface area contributed by atoms with Gasteiger partial charge in [0.25, 0.3) is 0 Å². The molecule has 4 heteroatoms. The molecule has 2 aliphatic carbocycles. The number of nitrogens with two attached hydrogens (primary N) is 1. The maximum atomic E-state index is 13.7. The molecule has 3 rings (SSSR count). The monoisotopic (exact) mass is 278 g/mol. The third-order valence-corrected chi connectivity index (χ3v) is 5.07. The number of hydrogen-bond donors (Lipinski definition) is 2. The molecule has 1 aromatic rings. The van der Waals surface area contributed by atoms with Crippen molar-refractivity contribution in [2.24, 2.45) is 23.6 Å². The normalized spacial score (nSPS) is 29.6. The highest BCUT2D eigenvalue weighted by molar-refractivity contribution is 5.30. The SMILES string of the molecule is COc1ccc(CC(NN)C2C3CCCCC32)cc1F. The van der Waals surface area contributed by atoms with Gasteiger partial charge in [0.05, 0.1) is 7.11 Å². The molecular weight excluding hydrogens is 255 g/mol. The van der Waals surface area contributed by atoms with E-state index >= 15 is 0 Å². The Kier molecular flexibility index (Phi) is 3.94. The van der Waals surface area contributed by atoms with Crippen molar-refractivity contribution in [3.8, 4) is 5.75 Å². The van der Waals surface area contributed by atoms with Crippen molar-refractivity contribution in [1.29, 1.82) is 0 Å². The van der Waals surface area contributed by atoms with Gasteiger partial charge in [-0.2, -0.15) is 0 Å². The van der Waals surface area contributed by atoms with Crippen LogP contribution in [0.1, 0.15) is 31.2 Å². The van der Waals surface area contributed by atoms with Crippen LogP contribution in [0.4, 0.5) is 4.39 Å². The van der Waals surface area contributed by atoms with Gasteiger partial charge < -0.3 is 4.74 Å². The first-order chi connectivity index (χ1) is 9.74. The second-order valence-electron chi connectivity index (χ2n) is 6.14. The quantitative estimate of drug-likeness (QED) is 0.643. The molecule has 0 bridgehead atoms. The highest BCUT2D eigenvalue weighted by atomic mass is 19.1. The lowest BCUT2D eigenvalue weighted by Crippen LogP contribution is -2.39. The zero-order valence-electron chi connectivity index (χ0n) is 11.9. The number of rotatable bonds is 5. The van der Waals surface area contributed by atoms with Crippen LogP contribution < -0.4 is 16.0 Å². The Hall–Kier alpha value is -1.13. The predicted molar refractivity (Wildman–Crippen MR) is 76.7 cm³/mol. The minimum Gasteiger partial charge on any atom is -0.494 e. The lowest BCUT2D eigenvalue weighted by atomic mass is 10.00. The summed E-state index contributed by atoms with van der Waals surface area (Å²) in [7, 11) is 1.48. The van der Waals surface area contributed by atoms with Crippen LogP contribution in [0.25, 0.3) is 0 Å². The van der Waals surface area contributed by atoms with Crippen molar-refractivity contribution in [2.45, 2.75) is 38.1 Å². The molecule has 2 saturated carbocycles. The topological polar surface area (TPSA) is 47.3 Å². The first kappa shape index (κ1) is 13.8. The summed E-state index contributed by atoms with van der Waals surface area (Å²) in [6.07, 6.45) is 6.17. The minimum atomic E-state index is -0.297. The molecule has 0 amide bonds. The molecule has 2 fully saturated rings. The zero-order valence-corrected chi connectivity index (χ0v) is 11.9. The Balaban J connectivity index is 1.67. The number of nitrogens with one attached hydrogen (secondary N) is 1. The van der Waals surface area contributed by atoms with Crippen molar-refractivity contribution in [3.05, 3.63) is 29.6 Å². The Labute approximate surface area is 119 Å². The first-order valence-corrected chi connectivity index (χ1v) is 7.53. The fourth-order valence-electron chi connectivity index (χ4n) is 4.04. The van der Waals surface area contributed by atoms with Gasteiger partial charge in [0.1, 0.15) is 0 Å². The summed E-state index contributed by atoms with van der Waals surface area (Å²) in [6.45, 7) is 0. The van der Waals surface area contributed by atoms with E-state index < -0.39 is 0 Å². The van der Waals surface area contributed by atoms with Crippen LogP contribution in [0.15, 0.2) is 18.2 Å². The molecule has 0 heterocycles. The number of fused-ring (bicyclic) bond motifs is 1. The Morgan fingerprint density at radius 2 is 2.05 bits per heavy atom. The second-order valence-corrected chi connectivity index (χ2v) is 6.14. The van der Waals surface area contributed by atoms with E-state index in [1.165, 1.54) is 32.8 Å². The van der Waals surface area contributed by atoms with Gasteiger partial charge in [0.15, 0.2) is 11.6 Å². The summed E-state index contributed by atoms with van der Waals surface area (Å²) in [6, 6.07) is 5.45. The summed E-state index contributed by atoms with van der Waals surface area (Å²) < 4.78 is 18.7. The van der Waals surface area contributed by atoms with E-state index in [9.17, 15) is 4.39 Å². The lowest BCUT2D eigenvalue weighted by molar-refractivity contribution is 0.385. The standard InChI is InChI=1S/C16H23FN2O/c1-20-15-7-6-10(8-13(15)17)9-14(19-18)16-11-4-2-3-5-12(11)16/h6-8,11-12,14,16,19H,2-5,9,18H2,1H3. The smallest absolute Gasteiger partial charge is 0.165 e. The summed E-state index contributed by atoms with van der Waals surface area (Å²) in [5.41, 5.74) is 3.94. The highest BCUT2D eigenvalue weighted by Gasteiger charge is 2.53. The van der Waals surface area contributed by atoms with Gasteiger partial charge in [-0.15, -0.1) is 0 Å². The molecule has 1 aromatic carbocycles. The number of halogens is 1. The molecule has 3 nitrogen and oxygen atoms in total. The Morgan fingerprint density at radius 3 is 2.60 bits per heavy atom. The molecule has 3 unspecified atom stereocenters. The maximum absolute atomic E-state index is 13.7. The lowest BCUT2D eigenvalue weighted by Gasteiger charge is -2.16. The zero-order chi connectivity index (χ0) is 14.1. The third-order valence-electron chi connectivity index (χ3n) is 5.07. The van der Waals surface area contributed by atoms with Gasteiger partial charge in [0.2, 0.25) is 0 Å². The van der Waals surface area contributed by atoms with Crippen molar-refractivity contribution < 1.29 is 9.13 Å². The van der Waals surface area contributed by atoms with Crippen molar-refractivity contribution >= 4 is 0 Å². The molecule has 0 radical (unpaired) electrons. The number of methoxy groups -OCH3 is 1. The molecule has 3 atom stereocenters. The van der Waals surface area contributed by atoms with Crippen LogP contribution in [-0.4, -0.2) is 13.2 Å². The van der Waals surface area contributed by atoms with E-state index in [1.54, 1.807) is 12.1 Å². The van der Waals surface area contributed by atoms with Crippen LogP contribution >= 0.6 is 0 Å². The van der Waals surface area contributed by atoms with Crippen LogP contribution in [0.5, 0.6) is 5.75 Å². The molecule has 0 aromatic heterocycles. The Morgan fingerprint density at radius 1 is 1.35 bits per heavy atom. The van der Waals surface area contributed by atoms with E-state index in [0.29, 0.717) is 11.7 Å². The predicted octanol–water partition coefficient (Wildman–Crippen LogP) is 2.64. The van der Waals surface area contributed by atoms with Gasteiger partial charge >= 0.3 is 0 Å². The van der Waals surface area contributed by atoms with Crippen molar-refractivity contribution in [2.75, 3.05) is 7.11 Å². The number of benzene rings is 1. The van der Waals surface area contributed by atoms with E-state index in [4.69, 9.17) is 10.6 Å². The van der Waals surface area contributed by atoms with Gasteiger partial charge in [-0.3, -0.25) is 11.3 Å². The van der Waals surface area contributed by atoms with Gasteiger partial charge in [-0.1, -0.05) is 18.9 Å². The summed E-state index contributed by atoms with van der Waals surface area (Å²) in [5.74, 6) is 8.10. The van der Waals surface area contributed by atoms with Crippen LogP contribution in [0.3, 0.4) is 0 Å². The number of ether oxygens (including phenoxy) is 1. The summed E-state index contributed by atoms with van der Waals surface area (Å²) in [5, 5.41) is 0. The Bertz CT molecular complexity index is 468. The fourth-order valence-corrected chi connectivity index (χ4v) is 4.04. The van der Waals surface area contributed by atoms with Crippen LogP contribution in [-0.2, 0) is 6.42 Å². The van der Waals surface area contributed by atoms with Crippen LogP contribution in [0, 0.1) is 23.6 Å². The fraction of sp³-hybridized carbons (Fsp3) is 0.625. The van der Waals surface area contributed by atoms with E-state index in [1.807, 2.05) is 6.07 Å². The molecule has 0 aliphatic heterocycles. The highest BCUT2D eigenvalue weighted by Crippen LogP contribution is 2.57. The summed E-state index contributed by atoms with van der Waals surface area (Å²) in [4.78, 5) is 0. The largest absolute Gasteiger partial charge is 0.494 e. The molecule has 3 N–H and O–H groups in total. The molecular formula is C16H23FN2O. The molecule has 110 valence electrons. The average molecular weight is 278 g/mol. The first-order valence-electron chi connectivity index (χ1n) is 7.53. The second kappa shape index (κ2) is 5.70. The summed E-state index contributed by atoms with van der Waals surface area (Å²) >= 11 is 0. The van der Waals surface area contributed by atoms with E-state index in [2.05, 4.69) is 5.43 Å². The van der Waals surface area contributed by atoms with Gasteiger partial charge in [0, 0.05) is 6.04 Å². The number of hydrogen-bond acceptors (Lipinski definition) is 3. The average Bonchev–Trinajstić information content (AvgIpc) is 3.19. The molecule has 2 aliphatic rings. The van der Waals surface area contributed by atoms with Crippen LogP contribution in [0.2, 0.25) is 0 Å². The minimum absolute atomic E-state index is 0.260. The van der Waals surface area contributed by atoms with Gasteiger partial charge in [-0.05, 0) is 54.7 Å². The maximum Gasteiger partial charge on any atom is 0.165 e. The van der Waals surface area contributed by atoms with E-state index in [0.717, 1.165) is 23.8 Å². The molecule has 0 saturated heterocycles. The van der Waals surface area contributed by atoms with Gasteiger partial charge in [-0.25, -0.2) is 4.39 Å². The van der Waals surface area contributed by atoms with E-state index in [-0.39, 0.29) is 11.9 Å². The third kappa shape index (κ3) is 2.54. The molecule has 20 heavy (non-hydrogen) atoms. The number of hydrazine groups is 1. The molecule has 0 spiro atoms. The van der Waals surface area contributed by atoms with Crippen molar-refractivity contribution in [1.82, 2.24) is 5.43 Å².